The van der Waals surface area contributed by atoms with Crippen molar-refractivity contribution < 1.29 is 24.1 Å². The van der Waals surface area contributed by atoms with Crippen molar-refractivity contribution in [1.29, 1.82) is 0 Å². The van der Waals surface area contributed by atoms with E-state index in [9.17, 15) is 9.90 Å². The highest BCUT2D eigenvalue weighted by Gasteiger charge is 2.42. The molecule has 4 aliphatic rings. The molecule has 2 heterocycles. The molecule has 6 nitrogen and oxygen atoms in total. The van der Waals surface area contributed by atoms with Crippen molar-refractivity contribution in [1.82, 2.24) is 4.90 Å². The van der Waals surface area contributed by atoms with Crippen LogP contribution in [0.2, 0.25) is 0 Å². The Kier molecular flexibility index (Phi) is 8.71. The van der Waals surface area contributed by atoms with E-state index in [4.69, 9.17) is 25.8 Å². The Hall–Kier alpha value is -2.02. The Labute approximate surface area is 232 Å². The Bertz CT molecular complexity index is 1050. The lowest BCUT2D eigenvalue weighted by Crippen LogP contribution is -2.49. The van der Waals surface area contributed by atoms with Gasteiger partial charge < -0.3 is 24.2 Å². The lowest BCUT2D eigenvalue weighted by Gasteiger charge is -2.46. The van der Waals surface area contributed by atoms with Gasteiger partial charge in [0, 0.05) is 19.3 Å². The molecular weight excluding hydrogens is 502 g/mol. The first-order valence-corrected chi connectivity index (χ1v) is 14.8. The van der Waals surface area contributed by atoms with Crippen molar-refractivity contribution in [2.24, 2.45) is 11.8 Å². The zero-order valence-electron chi connectivity index (χ0n) is 22.9. The Morgan fingerprint density at radius 1 is 1.05 bits per heavy atom. The van der Waals surface area contributed by atoms with Gasteiger partial charge in [-0.1, -0.05) is 18.2 Å². The normalized spacial score (nSPS) is 29.2. The second-order valence-corrected chi connectivity index (χ2v) is 12.1. The molecule has 2 aliphatic carbocycles. The third kappa shape index (κ3) is 5.78. The molecule has 5 rings (SSSR count). The summed E-state index contributed by atoms with van der Waals surface area (Å²) >= 11 is 6.39. The van der Waals surface area contributed by atoms with Gasteiger partial charge in [0.05, 0.1) is 37.2 Å². The average Bonchev–Trinajstić information content (AvgIpc) is 2.93. The maximum atomic E-state index is 13.8. The van der Waals surface area contributed by atoms with Crippen LogP contribution in [0.4, 0.5) is 0 Å². The number of amides is 1. The van der Waals surface area contributed by atoms with Gasteiger partial charge in [-0.05, 0) is 99.5 Å². The summed E-state index contributed by atoms with van der Waals surface area (Å²) in [6.45, 7) is 5.51. The van der Waals surface area contributed by atoms with E-state index < -0.39 is 0 Å². The maximum Gasteiger partial charge on any atom is 0.228 e. The number of ether oxygens (including phenoxy) is 3. The topological polar surface area (TPSA) is 68.2 Å². The van der Waals surface area contributed by atoms with Gasteiger partial charge in [-0.3, -0.25) is 4.79 Å². The van der Waals surface area contributed by atoms with Gasteiger partial charge >= 0.3 is 0 Å². The van der Waals surface area contributed by atoms with E-state index in [1.165, 1.54) is 0 Å². The van der Waals surface area contributed by atoms with E-state index in [-0.39, 0.29) is 35.6 Å². The summed E-state index contributed by atoms with van der Waals surface area (Å²) in [6, 6.07) is 4.01. The van der Waals surface area contributed by atoms with Crippen LogP contribution in [0.15, 0.2) is 35.9 Å². The maximum absolute atomic E-state index is 13.8. The first kappa shape index (κ1) is 27.5. The molecule has 0 radical (unpaired) electrons. The van der Waals surface area contributed by atoms with Crippen LogP contribution in [-0.4, -0.2) is 59.9 Å². The molecule has 3 unspecified atom stereocenters. The Morgan fingerprint density at radius 2 is 1.76 bits per heavy atom. The number of fused-ring (bicyclic) bond motifs is 1. The molecule has 1 N–H and O–H groups in total. The Morgan fingerprint density at radius 3 is 2.39 bits per heavy atom. The summed E-state index contributed by atoms with van der Waals surface area (Å²) in [6.07, 6.45) is 12.7. The van der Waals surface area contributed by atoms with Crippen molar-refractivity contribution in [2.75, 3.05) is 20.3 Å². The predicted octanol–water partition coefficient (Wildman–Crippen LogP) is 5.75. The zero-order chi connectivity index (χ0) is 26.8. The fourth-order valence-electron chi connectivity index (χ4n) is 6.81. The van der Waals surface area contributed by atoms with Crippen LogP contribution < -0.4 is 9.47 Å². The monoisotopic (exact) mass is 543 g/mol. The summed E-state index contributed by atoms with van der Waals surface area (Å²) in [5.41, 5.74) is 3.21. The third-order valence-corrected chi connectivity index (χ3v) is 9.07. The van der Waals surface area contributed by atoms with Crippen molar-refractivity contribution in [3.05, 3.63) is 47.1 Å². The number of aliphatic hydroxyl groups excluding tert-OH is 1. The fraction of sp³-hybridized carbons (Fsp3) is 0.645. The summed E-state index contributed by atoms with van der Waals surface area (Å²) in [7, 11) is 1.64. The molecule has 0 spiro atoms. The number of halogens is 1. The number of alkyl halides is 1. The number of allylic oxidation sites excluding steroid dienone is 2. The highest BCUT2D eigenvalue weighted by atomic mass is 35.5. The predicted molar refractivity (Wildman–Crippen MR) is 149 cm³/mol. The summed E-state index contributed by atoms with van der Waals surface area (Å²) in [5.74, 6) is 2.14. The SMILES string of the molecule is COc1cc2c(cc1OC(C)C)C(C1=CCC(Cl)C=C1)N(C1CCC(C(O)C3CCOCC3)CC1)C(=O)C2. The van der Waals surface area contributed by atoms with Gasteiger partial charge in [-0.2, -0.15) is 0 Å². The standard InChI is InChI=1S/C31H42ClNO5/c1-19(2)38-28-18-26-23(16-27(28)36-3)17-29(34)33(30(26)20-4-8-24(32)9-5-20)25-10-6-21(7-11-25)31(35)22-12-14-37-15-13-22/h4-5,8,16,18-19,21-22,24-25,30-31,35H,6-7,9-15,17H2,1-3H3. The van der Waals surface area contributed by atoms with E-state index in [0.717, 1.165) is 74.9 Å². The van der Waals surface area contributed by atoms with Gasteiger partial charge in [0.25, 0.3) is 0 Å². The average molecular weight is 544 g/mol. The van der Waals surface area contributed by atoms with Crippen molar-refractivity contribution in [3.8, 4) is 11.5 Å². The zero-order valence-corrected chi connectivity index (χ0v) is 23.7. The van der Waals surface area contributed by atoms with Gasteiger partial charge in [-0.25, -0.2) is 0 Å². The molecule has 3 atom stereocenters. The quantitative estimate of drug-likeness (QED) is 0.444. The molecule has 2 fully saturated rings. The Balaban J connectivity index is 1.43. The molecule has 1 saturated carbocycles. The van der Waals surface area contributed by atoms with Crippen molar-refractivity contribution in [3.63, 3.8) is 0 Å². The smallest absolute Gasteiger partial charge is 0.228 e. The number of carbonyl (C=O) groups is 1. The van der Waals surface area contributed by atoms with Gasteiger partial charge in [0.15, 0.2) is 11.5 Å². The molecule has 1 amide bonds. The minimum Gasteiger partial charge on any atom is -0.493 e. The second kappa shape index (κ2) is 12.0. The molecule has 1 aromatic rings. The number of aliphatic hydroxyl groups is 1. The van der Waals surface area contributed by atoms with Crippen LogP contribution in [0.25, 0.3) is 0 Å². The number of nitrogens with zero attached hydrogens (tertiary/aromatic N) is 1. The molecule has 0 bridgehead atoms. The van der Waals surface area contributed by atoms with Crippen molar-refractivity contribution in [2.45, 2.75) is 94.9 Å². The first-order valence-electron chi connectivity index (χ1n) is 14.3. The van der Waals surface area contributed by atoms with Crippen LogP contribution in [0.1, 0.15) is 76.0 Å². The fourth-order valence-corrected chi connectivity index (χ4v) is 6.97. The van der Waals surface area contributed by atoms with E-state index in [1.54, 1.807) is 7.11 Å². The van der Waals surface area contributed by atoms with Crippen LogP contribution in [0.5, 0.6) is 11.5 Å². The van der Waals surface area contributed by atoms with Gasteiger partial charge in [-0.15, -0.1) is 11.6 Å². The lowest BCUT2D eigenvalue weighted by atomic mass is 9.75. The van der Waals surface area contributed by atoms with Crippen LogP contribution in [-0.2, 0) is 16.0 Å². The lowest BCUT2D eigenvalue weighted by molar-refractivity contribution is -0.137. The largest absolute Gasteiger partial charge is 0.493 e. The number of hydrogen-bond acceptors (Lipinski definition) is 5. The number of hydrogen-bond donors (Lipinski definition) is 1. The highest BCUT2D eigenvalue weighted by Crippen LogP contribution is 2.46. The van der Waals surface area contributed by atoms with E-state index >= 15 is 0 Å². The van der Waals surface area contributed by atoms with E-state index in [1.807, 2.05) is 26.0 Å². The van der Waals surface area contributed by atoms with Crippen LogP contribution in [0.3, 0.4) is 0 Å². The summed E-state index contributed by atoms with van der Waals surface area (Å²) in [4.78, 5) is 15.9. The number of carbonyl (C=O) groups excluding carboxylic acids is 1. The van der Waals surface area contributed by atoms with E-state index in [0.29, 0.717) is 29.8 Å². The summed E-state index contributed by atoms with van der Waals surface area (Å²) < 4.78 is 17.3. The molecule has 0 aromatic heterocycles. The molecular formula is C31H42ClNO5. The molecule has 1 saturated heterocycles. The third-order valence-electron chi connectivity index (χ3n) is 8.75. The van der Waals surface area contributed by atoms with Gasteiger partial charge in [0.2, 0.25) is 5.91 Å². The molecule has 38 heavy (non-hydrogen) atoms. The first-order chi connectivity index (χ1) is 18.4. The number of benzene rings is 1. The minimum absolute atomic E-state index is 0.00459. The number of rotatable bonds is 7. The summed E-state index contributed by atoms with van der Waals surface area (Å²) in [5, 5.41) is 11.1. The van der Waals surface area contributed by atoms with Gasteiger partial charge in [0.1, 0.15) is 0 Å². The molecule has 2 aliphatic heterocycles. The van der Waals surface area contributed by atoms with Crippen LogP contribution in [0, 0.1) is 11.8 Å². The minimum atomic E-state index is -0.277. The molecule has 1 aromatic carbocycles. The van der Waals surface area contributed by atoms with Crippen molar-refractivity contribution >= 4 is 17.5 Å². The molecule has 7 heteroatoms. The van der Waals surface area contributed by atoms with Crippen LogP contribution >= 0.6 is 11.6 Å². The van der Waals surface area contributed by atoms with E-state index in [2.05, 4.69) is 23.1 Å². The molecule has 208 valence electrons. The second-order valence-electron chi connectivity index (χ2n) is 11.6. The highest BCUT2D eigenvalue weighted by molar-refractivity contribution is 6.22. The number of methoxy groups -OCH3 is 1.